The van der Waals surface area contributed by atoms with Gasteiger partial charge in [-0.25, -0.2) is 23.1 Å². The van der Waals surface area contributed by atoms with Crippen LogP contribution in [0, 0.1) is 17.6 Å². The molecule has 1 amide bonds. The molecule has 2 aromatic carbocycles. The Morgan fingerprint density at radius 3 is 2.46 bits per heavy atom. The fraction of sp³-hybridized carbons (Fsp3) is 0.312. The number of hydrogen-bond acceptors (Lipinski definition) is 9. The van der Waals surface area contributed by atoms with Crippen molar-refractivity contribution < 1.29 is 28.5 Å². The normalized spacial score (nSPS) is 16.2. The Hall–Kier alpha value is -4.92. The number of amides is 1. The molecule has 0 spiro atoms. The smallest absolute Gasteiger partial charge is 0.335 e. The molecule has 0 radical (unpaired) electrons. The molecule has 4 aromatic rings. The molecule has 2 fully saturated rings. The average molecular weight is 635 g/mol. The summed E-state index contributed by atoms with van der Waals surface area (Å²) < 4.78 is 36.5. The molecule has 12 nitrogen and oxygen atoms in total. The summed E-state index contributed by atoms with van der Waals surface area (Å²) in [4.78, 5) is 45.7. The Morgan fingerprint density at radius 1 is 1.02 bits per heavy atom. The van der Waals surface area contributed by atoms with Crippen molar-refractivity contribution >= 4 is 17.4 Å². The Balaban J connectivity index is 1.17. The van der Waals surface area contributed by atoms with E-state index < -0.39 is 35.1 Å². The topological polar surface area (TPSA) is 151 Å². The quantitative estimate of drug-likeness (QED) is 0.193. The maximum absolute atomic E-state index is 15.1. The standard InChI is InChI=1S/C32H32F2N6O6/c33-20-3-6-22(7-4-20)40-30(43)25(18-39(32(40)45)17-19-1-2-19)29(42)36-21-5-8-27(26(34)15-21)46-24-9-12-35-28(16-24)37-31(44)38-13-10-23(41)11-14-38/h3-9,12,15-16,18-19,23,31,41,44H,1-2,10-11,13-14,17H2,(H,35,37)(H,36,42). The molecule has 1 aliphatic heterocycles. The van der Waals surface area contributed by atoms with Crippen LogP contribution in [0.5, 0.6) is 11.5 Å². The predicted molar refractivity (Wildman–Crippen MR) is 164 cm³/mol. The number of halogens is 2. The molecule has 1 atom stereocenters. The lowest BCUT2D eigenvalue weighted by molar-refractivity contribution is -0.0161. The molecule has 14 heteroatoms. The maximum Gasteiger partial charge on any atom is 0.335 e. The Labute approximate surface area is 261 Å². The molecule has 2 aliphatic rings. The van der Waals surface area contributed by atoms with E-state index >= 15 is 4.39 Å². The van der Waals surface area contributed by atoms with E-state index in [-0.39, 0.29) is 46.3 Å². The van der Waals surface area contributed by atoms with Crippen LogP contribution in [0.25, 0.3) is 5.69 Å². The molecular formula is C32H32F2N6O6. The Bertz CT molecular complexity index is 1850. The van der Waals surface area contributed by atoms with Crippen LogP contribution in [0.3, 0.4) is 0 Å². The van der Waals surface area contributed by atoms with Crippen molar-refractivity contribution in [2.24, 2.45) is 5.92 Å². The van der Waals surface area contributed by atoms with Crippen molar-refractivity contribution in [2.45, 2.75) is 44.7 Å². The van der Waals surface area contributed by atoms with Crippen molar-refractivity contribution in [3.8, 4) is 17.2 Å². The number of aliphatic hydroxyl groups is 2. The average Bonchev–Trinajstić information content (AvgIpc) is 3.85. The number of nitrogens with zero attached hydrogens (tertiary/aromatic N) is 4. The summed E-state index contributed by atoms with van der Waals surface area (Å²) in [7, 11) is 0. The molecule has 3 heterocycles. The van der Waals surface area contributed by atoms with Crippen LogP contribution in [-0.4, -0.2) is 60.7 Å². The summed E-state index contributed by atoms with van der Waals surface area (Å²) in [6.45, 7) is 1.33. The number of nitrogens with one attached hydrogen (secondary N) is 2. The number of piperidine rings is 1. The van der Waals surface area contributed by atoms with Gasteiger partial charge in [0.25, 0.3) is 11.5 Å². The number of hydrogen-bond donors (Lipinski definition) is 4. The van der Waals surface area contributed by atoms with Gasteiger partial charge in [-0.15, -0.1) is 0 Å². The van der Waals surface area contributed by atoms with E-state index in [1.54, 1.807) is 4.90 Å². The van der Waals surface area contributed by atoms with E-state index in [9.17, 15) is 29.0 Å². The van der Waals surface area contributed by atoms with Crippen molar-refractivity contribution in [2.75, 3.05) is 23.7 Å². The number of pyridine rings is 1. The SMILES string of the molecule is O=C(Nc1ccc(Oc2ccnc(NC(O)N3CCC(O)CC3)c2)c(F)c1)c1cn(CC2CC2)c(=O)n(-c2ccc(F)cc2)c1=O. The minimum atomic E-state index is -1.04. The van der Waals surface area contributed by atoms with Crippen LogP contribution in [0.1, 0.15) is 36.0 Å². The first kappa shape index (κ1) is 31.1. The summed E-state index contributed by atoms with van der Waals surface area (Å²) in [5, 5.41) is 25.5. The number of carbonyl (C=O) groups excluding carboxylic acids is 1. The lowest BCUT2D eigenvalue weighted by Crippen LogP contribution is -2.46. The lowest BCUT2D eigenvalue weighted by atomic mass is 10.1. The fourth-order valence-electron chi connectivity index (χ4n) is 5.18. The Morgan fingerprint density at radius 2 is 1.76 bits per heavy atom. The van der Waals surface area contributed by atoms with Crippen molar-refractivity contribution in [1.29, 1.82) is 0 Å². The highest BCUT2D eigenvalue weighted by atomic mass is 19.1. The molecule has 1 saturated carbocycles. The van der Waals surface area contributed by atoms with Gasteiger partial charge >= 0.3 is 5.69 Å². The highest BCUT2D eigenvalue weighted by Crippen LogP contribution is 2.30. The molecule has 0 bridgehead atoms. The highest BCUT2D eigenvalue weighted by Gasteiger charge is 2.26. The Kier molecular flexibility index (Phi) is 8.92. The number of aromatic nitrogens is 3. The molecule has 1 saturated heterocycles. The van der Waals surface area contributed by atoms with Gasteiger partial charge in [0.1, 0.15) is 22.9 Å². The molecule has 46 heavy (non-hydrogen) atoms. The summed E-state index contributed by atoms with van der Waals surface area (Å²) in [5.74, 6) is -1.60. The van der Waals surface area contributed by atoms with Crippen LogP contribution in [0.2, 0.25) is 0 Å². The third-order valence-corrected chi connectivity index (χ3v) is 7.91. The lowest BCUT2D eigenvalue weighted by Gasteiger charge is -2.33. The monoisotopic (exact) mass is 634 g/mol. The predicted octanol–water partition coefficient (Wildman–Crippen LogP) is 3.27. The second-order valence-corrected chi connectivity index (χ2v) is 11.4. The first-order valence-electron chi connectivity index (χ1n) is 14.9. The van der Waals surface area contributed by atoms with E-state index in [1.165, 1.54) is 53.4 Å². The second-order valence-electron chi connectivity index (χ2n) is 11.4. The molecular weight excluding hydrogens is 602 g/mol. The van der Waals surface area contributed by atoms with Gasteiger partial charge in [0, 0.05) is 49.8 Å². The van der Waals surface area contributed by atoms with Crippen molar-refractivity contribution in [1.82, 2.24) is 19.0 Å². The molecule has 240 valence electrons. The zero-order valence-electron chi connectivity index (χ0n) is 24.6. The van der Waals surface area contributed by atoms with Gasteiger partial charge < -0.3 is 25.6 Å². The van der Waals surface area contributed by atoms with Crippen LogP contribution < -0.4 is 26.6 Å². The second kappa shape index (κ2) is 13.2. The number of rotatable bonds is 10. The third kappa shape index (κ3) is 7.14. The maximum atomic E-state index is 15.1. The summed E-state index contributed by atoms with van der Waals surface area (Å²) in [6, 6.07) is 11.5. The molecule has 1 unspecified atom stereocenters. The van der Waals surface area contributed by atoms with Gasteiger partial charge in [-0.05, 0) is 74.1 Å². The number of carbonyl (C=O) groups is 1. The van der Waals surface area contributed by atoms with Crippen molar-refractivity contribution in [3.63, 3.8) is 0 Å². The summed E-state index contributed by atoms with van der Waals surface area (Å²) in [5.41, 5.74) is -1.74. The van der Waals surface area contributed by atoms with E-state index in [1.807, 2.05) is 0 Å². The minimum absolute atomic E-state index is 0.0365. The number of anilines is 2. The first-order chi connectivity index (χ1) is 22.1. The molecule has 1 aliphatic carbocycles. The van der Waals surface area contributed by atoms with E-state index in [0.29, 0.717) is 32.5 Å². The van der Waals surface area contributed by atoms with Crippen LogP contribution >= 0.6 is 0 Å². The molecule has 2 aromatic heterocycles. The van der Waals surface area contributed by atoms with Crippen LogP contribution in [-0.2, 0) is 6.54 Å². The van der Waals surface area contributed by atoms with E-state index in [4.69, 9.17) is 4.74 Å². The number of ether oxygens (including phenoxy) is 1. The fourth-order valence-corrected chi connectivity index (χ4v) is 5.18. The first-order valence-corrected chi connectivity index (χ1v) is 14.9. The summed E-state index contributed by atoms with van der Waals surface area (Å²) >= 11 is 0. The minimum Gasteiger partial charge on any atom is -0.454 e. The number of aliphatic hydroxyl groups excluding tert-OH is 2. The zero-order chi connectivity index (χ0) is 32.4. The summed E-state index contributed by atoms with van der Waals surface area (Å²) in [6.07, 6.45) is 4.14. The number of likely N-dealkylation sites (tertiary alicyclic amines) is 1. The van der Waals surface area contributed by atoms with E-state index in [2.05, 4.69) is 15.6 Å². The van der Waals surface area contributed by atoms with Gasteiger partial charge in [0.15, 0.2) is 17.9 Å². The van der Waals surface area contributed by atoms with Gasteiger partial charge in [-0.1, -0.05) is 0 Å². The van der Waals surface area contributed by atoms with Crippen molar-refractivity contribution in [3.05, 3.63) is 105 Å². The van der Waals surface area contributed by atoms with Crippen LogP contribution in [0.15, 0.2) is 76.6 Å². The third-order valence-electron chi connectivity index (χ3n) is 7.91. The molecule has 4 N–H and O–H groups in total. The number of benzene rings is 2. The highest BCUT2D eigenvalue weighted by molar-refractivity contribution is 6.03. The molecule has 6 rings (SSSR count). The van der Waals surface area contributed by atoms with Gasteiger partial charge in [0.2, 0.25) is 0 Å². The largest absolute Gasteiger partial charge is 0.454 e. The van der Waals surface area contributed by atoms with E-state index in [0.717, 1.165) is 35.6 Å². The van der Waals surface area contributed by atoms with Gasteiger partial charge in [-0.2, -0.15) is 0 Å². The van der Waals surface area contributed by atoms with Gasteiger partial charge in [-0.3, -0.25) is 19.1 Å². The van der Waals surface area contributed by atoms with Gasteiger partial charge in [0.05, 0.1) is 11.8 Å². The van der Waals surface area contributed by atoms with Crippen LogP contribution in [0.4, 0.5) is 20.3 Å². The zero-order valence-corrected chi connectivity index (χ0v) is 24.6.